The normalized spacial score (nSPS) is 21.8. The summed E-state index contributed by atoms with van der Waals surface area (Å²) in [6, 6.07) is 10.6. The third-order valence-electron chi connectivity index (χ3n) is 4.31. The van der Waals surface area contributed by atoms with Crippen molar-refractivity contribution in [2.45, 2.75) is 45.2 Å². The second-order valence-corrected chi connectivity index (χ2v) is 6.32. The Balaban J connectivity index is 1.58. The molecule has 1 aromatic heterocycles. The lowest BCUT2D eigenvalue weighted by atomic mass is 9.97. The predicted octanol–water partition coefficient (Wildman–Crippen LogP) is 4.14. The number of nitrogens with one attached hydrogen (secondary N) is 1. The molecular weight excluding hydrogens is 284 g/mol. The largest absolute Gasteiger partial charge is 0.361 e. The molecule has 112 valence electrons. The first-order valence-corrected chi connectivity index (χ1v) is 7.99. The highest BCUT2D eigenvalue weighted by molar-refractivity contribution is 6.31. The van der Waals surface area contributed by atoms with Crippen molar-refractivity contribution in [1.82, 2.24) is 10.5 Å². The fraction of sp³-hybridized carbons (Fsp3) is 0.471. The molecule has 0 unspecified atom stereocenters. The van der Waals surface area contributed by atoms with Gasteiger partial charge in [-0.25, -0.2) is 0 Å². The SMILES string of the molecule is Cc1cc(C[C@@H]2CCC[C@H]2NCc2ccccc2Cl)on1. The van der Waals surface area contributed by atoms with Crippen LogP contribution < -0.4 is 5.32 Å². The summed E-state index contributed by atoms with van der Waals surface area (Å²) in [6.45, 7) is 2.80. The van der Waals surface area contributed by atoms with Gasteiger partial charge in [-0.05, 0) is 37.3 Å². The van der Waals surface area contributed by atoms with Gasteiger partial charge in [0, 0.05) is 30.1 Å². The monoisotopic (exact) mass is 304 g/mol. The minimum atomic E-state index is 0.534. The highest BCUT2D eigenvalue weighted by Crippen LogP contribution is 2.29. The third kappa shape index (κ3) is 3.66. The molecule has 1 N–H and O–H groups in total. The quantitative estimate of drug-likeness (QED) is 0.902. The van der Waals surface area contributed by atoms with Crippen molar-refractivity contribution in [3.8, 4) is 0 Å². The summed E-state index contributed by atoms with van der Waals surface area (Å²) in [5.41, 5.74) is 2.13. The number of aromatic nitrogens is 1. The molecule has 0 bridgehead atoms. The fourth-order valence-corrected chi connectivity index (χ4v) is 3.41. The number of hydrogen-bond acceptors (Lipinski definition) is 3. The summed E-state index contributed by atoms with van der Waals surface area (Å²) in [5.74, 6) is 1.63. The zero-order valence-corrected chi connectivity index (χ0v) is 13.1. The molecule has 1 saturated carbocycles. The molecule has 0 spiro atoms. The van der Waals surface area contributed by atoms with Gasteiger partial charge in [-0.1, -0.05) is 41.4 Å². The number of rotatable bonds is 5. The van der Waals surface area contributed by atoms with Crippen molar-refractivity contribution in [2.24, 2.45) is 5.92 Å². The van der Waals surface area contributed by atoms with Crippen LogP contribution in [0.5, 0.6) is 0 Å². The van der Waals surface area contributed by atoms with Crippen LogP contribution in [-0.4, -0.2) is 11.2 Å². The van der Waals surface area contributed by atoms with Crippen molar-refractivity contribution in [3.05, 3.63) is 52.4 Å². The molecule has 3 rings (SSSR count). The first-order valence-electron chi connectivity index (χ1n) is 7.61. The van der Waals surface area contributed by atoms with E-state index in [-0.39, 0.29) is 0 Å². The Hall–Kier alpha value is -1.32. The molecule has 0 amide bonds. The molecule has 1 aliphatic carbocycles. The van der Waals surface area contributed by atoms with Crippen molar-refractivity contribution >= 4 is 11.6 Å². The van der Waals surface area contributed by atoms with Crippen LogP contribution in [0.1, 0.15) is 36.3 Å². The maximum absolute atomic E-state index is 6.22. The zero-order valence-electron chi connectivity index (χ0n) is 12.3. The molecule has 1 heterocycles. The van der Waals surface area contributed by atoms with Gasteiger partial charge in [0.1, 0.15) is 5.76 Å². The average Bonchev–Trinajstić information content (AvgIpc) is 3.08. The molecule has 1 aliphatic rings. The van der Waals surface area contributed by atoms with E-state index in [1.54, 1.807) is 0 Å². The molecule has 0 saturated heterocycles. The minimum absolute atomic E-state index is 0.534. The smallest absolute Gasteiger partial charge is 0.137 e. The van der Waals surface area contributed by atoms with E-state index in [0.717, 1.165) is 29.4 Å². The minimum Gasteiger partial charge on any atom is -0.361 e. The number of nitrogens with zero attached hydrogens (tertiary/aromatic N) is 1. The highest BCUT2D eigenvalue weighted by Gasteiger charge is 2.28. The van der Waals surface area contributed by atoms with Gasteiger partial charge in [0.25, 0.3) is 0 Å². The zero-order chi connectivity index (χ0) is 14.7. The van der Waals surface area contributed by atoms with Gasteiger partial charge in [-0.2, -0.15) is 0 Å². The number of halogens is 1. The molecule has 0 radical (unpaired) electrons. The van der Waals surface area contributed by atoms with E-state index in [9.17, 15) is 0 Å². The Bertz CT molecular complexity index is 596. The van der Waals surface area contributed by atoms with Crippen LogP contribution in [0.3, 0.4) is 0 Å². The molecule has 21 heavy (non-hydrogen) atoms. The first-order chi connectivity index (χ1) is 10.2. The van der Waals surface area contributed by atoms with E-state index >= 15 is 0 Å². The summed E-state index contributed by atoms with van der Waals surface area (Å²) in [5, 5.41) is 8.48. The van der Waals surface area contributed by atoms with Crippen LogP contribution >= 0.6 is 11.6 Å². The van der Waals surface area contributed by atoms with Gasteiger partial charge in [-0.3, -0.25) is 0 Å². The topological polar surface area (TPSA) is 38.1 Å². The van der Waals surface area contributed by atoms with Crippen molar-refractivity contribution < 1.29 is 4.52 Å². The van der Waals surface area contributed by atoms with Gasteiger partial charge < -0.3 is 9.84 Å². The van der Waals surface area contributed by atoms with Crippen LogP contribution in [0, 0.1) is 12.8 Å². The van der Waals surface area contributed by atoms with Crippen LogP contribution in [-0.2, 0) is 13.0 Å². The van der Waals surface area contributed by atoms with Crippen LogP contribution in [0.4, 0.5) is 0 Å². The molecule has 3 nitrogen and oxygen atoms in total. The lowest BCUT2D eigenvalue weighted by Gasteiger charge is -2.20. The summed E-state index contributed by atoms with van der Waals surface area (Å²) in [4.78, 5) is 0. The van der Waals surface area contributed by atoms with Gasteiger partial charge in [0.05, 0.1) is 5.69 Å². The molecular formula is C17H21ClN2O. The van der Waals surface area contributed by atoms with E-state index in [0.29, 0.717) is 12.0 Å². The maximum Gasteiger partial charge on any atom is 0.137 e. The first kappa shape index (κ1) is 14.6. The summed E-state index contributed by atoms with van der Waals surface area (Å²) in [6.07, 6.45) is 4.72. The number of benzene rings is 1. The Morgan fingerprint density at radius 3 is 2.95 bits per heavy atom. The second-order valence-electron chi connectivity index (χ2n) is 5.91. The second kappa shape index (κ2) is 6.63. The summed E-state index contributed by atoms with van der Waals surface area (Å²) in [7, 11) is 0. The molecule has 4 heteroatoms. The Kier molecular flexibility index (Phi) is 4.61. The summed E-state index contributed by atoms with van der Waals surface area (Å²) < 4.78 is 5.36. The van der Waals surface area contributed by atoms with E-state index in [2.05, 4.69) is 16.5 Å². The lowest BCUT2D eigenvalue weighted by molar-refractivity contribution is 0.329. The lowest BCUT2D eigenvalue weighted by Crippen LogP contribution is -2.33. The van der Waals surface area contributed by atoms with Gasteiger partial charge in [0.2, 0.25) is 0 Å². The van der Waals surface area contributed by atoms with Crippen LogP contribution in [0.25, 0.3) is 0 Å². The van der Waals surface area contributed by atoms with Crippen LogP contribution in [0.15, 0.2) is 34.9 Å². The van der Waals surface area contributed by atoms with Gasteiger partial charge in [0.15, 0.2) is 0 Å². The standard InChI is InChI=1S/C17H21ClN2O/c1-12-9-15(21-20-12)10-13-6-4-8-17(13)19-11-14-5-2-3-7-16(14)18/h2-3,5,7,9,13,17,19H,4,6,8,10-11H2,1H3/t13-,17+/m0/s1. The van der Waals surface area contributed by atoms with Gasteiger partial charge >= 0.3 is 0 Å². The Morgan fingerprint density at radius 2 is 2.19 bits per heavy atom. The molecule has 0 aliphatic heterocycles. The van der Waals surface area contributed by atoms with E-state index < -0.39 is 0 Å². The Labute approximate surface area is 130 Å². The summed E-state index contributed by atoms with van der Waals surface area (Å²) >= 11 is 6.22. The third-order valence-corrected chi connectivity index (χ3v) is 4.68. The van der Waals surface area contributed by atoms with Crippen molar-refractivity contribution in [3.63, 3.8) is 0 Å². The fourth-order valence-electron chi connectivity index (χ4n) is 3.20. The highest BCUT2D eigenvalue weighted by atomic mass is 35.5. The van der Waals surface area contributed by atoms with E-state index in [1.165, 1.54) is 24.8 Å². The number of aryl methyl sites for hydroxylation is 1. The average molecular weight is 305 g/mol. The van der Waals surface area contributed by atoms with E-state index in [4.69, 9.17) is 16.1 Å². The van der Waals surface area contributed by atoms with E-state index in [1.807, 2.05) is 31.2 Å². The van der Waals surface area contributed by atoms with Crippen LogP contribution in [0.2, 0.25) is 5.02 Å². The maximum atomic E-state index is 6.22. The Morgan fingerprint density at radius 1 is 1.33 bits per heavy atom. The molecule has 1 aromatic carbocycles. The molecule has 2 atom stereocenters. The van der Waals surface area contributed by atoms with Crippen molar-refractivity contribution in [1.29, 1.82) is 0 Å². The van der Waals surface area contributed by atoms with Gasteiger partial charge in [-0.15, -0.1) is 0 Å². The van der Waals surface area contributed by atoms with Crippen molar-refractivity contribution in [2.75, 3.05) is 0 Å². The predicted molar refractivity (Wildman–Crippen MR) is 84.4 cm³/mol. The number of hydrogen-bond donors (Lipinski definition) is 1. The molecule has 2 aromatic rings. The molecule has 1 fully saturated rings.